The van der Waals surface area contributed by atoms with Crippen molar-refractivity contribution < 1.29 is 36.7 Å². The van der Waals surface area contributed by atoms with Crippen LogP contribution in [0.1, 0.15) is 79.6 Å². The number of carbonyl (C=O) groups is 3. The molecule has 2 aromatic carbocycles. The summed E-state index contributed by atoms with van der Waals surface area (Å²) < 4.78 is 65.5. The third-order valence-electron chi connectivity index (χ3n) is 12.2. The minimum absolute atomic E-state index is 0.0757. The third-order valence-corrected chi connectivity index (χ3v) is 12.2. The topological polar surface area (TPSA) is 149 Å². The first-order valence-electron chi connectivity index (χ1n) is 19.8. The maximum Gasteiger partial charge on any atom is 0.433 e. The number of halogens is 4. The Morgan fingerprint density at radius 2 is 1.73 bits per heavy atom. The molecule has 5 aromatic rings. The van der Waals surface area contributed by atoms with Crippen molar-refractivity contribution in [2.75, 3.05) is 44.0 Å². The van der Waals surface area contributed by atoms with E-state index in [1.807, 2.05) is 18.2 Å². The number of carbonyl (C=O) groups excluding carboxylic acids is 3. The van der Waals surface area contributed by atoms with Gasteiger partial charge in [-0.15, -0.1) is 0 Å². The highest BCUT2D eigenvalue weighted by Crippen LogP contribution is 2.38. The molecule has 1 aliphatic carbocycles. The summed E-state index contributed by atoms with van der Waals surface area (Å²) in [5.74, 6) is -1.66. The number of aromatic nitrogens is 5. The number of amides is 3. The molecule has 18 heteroatoms. The van der Waals surface area contributed by atoms with Crippen molar-refractivity contribution in [3.63, 3.8) is 0 Å². The van der Waals surface area contributed by atoms with Crippen molar-refractivity contribution in [2.45, 2.75) is 75.7 Å². The molecule has 0 bridgehead atoms. The summed E-state index contributed by atoms with van der Waals surface area (Å²) in [6.45, 7) is 2.49. The van der Waals surface area contributed by atoms with Gasteiger partial charge in [0.25, 0.3) is 5.91 Å². The van der Waals surface area contributed by atoms with Crippen LogP contribution in [0.5, 0.6) is 5.75 Å². The Labute approximate surface area is 336 Å². The lowest BCUT2D eigenvalue weighted by Crippen LogP contribution is -2.45. The summed E-state index contributed by atoms with van der Waals surface area (Å²) in [6, 6.07) is 11.1. The predicted octanol–water partition coefficient (Wildman–Crippen LogP) is 5.81. The second kappa shape index (κ2) is 15.8. The third kappa shape index (κ3) is 7.65. The molecule has 3 aliphatic rings. The van der Waals surface area contributed by atoms with Gasteiger partial charge in [-0.2, -0.15) is 22.7 Å². The highest BCUT2D eigenvalue weighted by Gasteiger charge is 2.35. The molecule has 2 aliphatic heterocycles. The zero-order chi connectivity index (χ0) is 41.7. The molecule has 14 nitrogen and oxygen atoms in total. The molecule has 0 spiro atoms. The maximum absolute atomic E-state index is 16.0. The van der Waals surface area contributed by atoms with E-state index in [1.165, 1.54) is 28.5 Å². The molecular weight excluding hydrogens is 775 g/mol. The number of imidazole rings is 1. The number of alkyl halides is 3. The SMILES string of the molecule is COc1cc2nn([C@H]3CC[C@H](CN(C)C4CCN(c5cccc6c5n(C)c(=O)n6C5CCC(=O)NC5=O)CC4)CC3)c(F)c2cc1NC(=O)c1cccc(C(F)(F)F)n1. The summed E-state index contributed by atoms with van der Waals surface area (Å²) in [5.41, 5.74) is 0.844. The van der Waals surface area contributed by atoms with Gasteiger partial charge < -0.3 is 19.9 Å². The molecule has 1 saturated carbocycles. The van der Waals surface area contributed by atoms with E-state index >= 15 is 4.39 Å². The molecule has 312 valence electrons. The van der Waals surface area contributed by atoms with Gasteiger partial charge in [-0.05, 0) is 88.2 Å². The molecule has 3 amide bonds. The Balaban J connectivity index is 0.881. The number of rotatable bonds is 9. The number of anilines is 2. The van der Waals surface area contributed by atoms with Crippen molar-refractivity contribution in [3.05, 3.63) is 76.4 Å². The van der Waals surface area contributed by atoms with Gasteiger partial charge in [0, 0.05) is 45.2 Å². The van der Waals surface area contributed by atoms with Gasteiger partial charge in [-0.1, -0.05) is 12.1 Å². The summed E-state index contributed by atoms with van der Waals surface area (Å²) in [7, 11) is 5.24. The predicted molar refractivity (Wildman–Crippen MR) is 211 cm³/mol. The fourth-order valence-electron chi connectivity index (χ4n) is 9.09. The number of fused-ring (bicyclic) bond motifs is 2. The molecule has 1 unspecified atom stereocenters. The fourth-order valence-corrected chi connectivity index (χ4v) is 9.09. The van der Waals surface area contributed by atoms with Gasteiger partial charge >= 0.3 is 11.9 Å². The lowest BCUT2D eigenvalue weighted by atomic mass is 9.85. The largest absolute Gasteiger partial charge is 0.494 e. The number of imide groups is 1. The summed E-state index contributed by atoms with van der Waals surface area (Å²) in [4.78, 5) is 59.0. The average Bonchev–Trinajstić information content (AvgIpc) is 3.68. The van der Waals surface area contributed by atoms with E-state index in [0.29, 0.717) is 23.0 Å². The van der Waals surface area contributed by atoms with Crippen LogP contribution in [0.2, 0.25) is 0 Å². The first-order valence-corrected chi connectivity index (χ1v) is 19.8. The van der Waals surface area contributed by atoms with Gasteiger partial charge in [-0.25, -0.2) is 14.5 Å². The van der Waals surface area contributed by atoms with E-state index < -0.39 is 41.4 Å². The number of hydrogen-bond donors (Lipinski definition) is 2. The molecule has 1 atom stereocenters. The van der Waals surface area contributed by atoms with Gasteiger partial charge in [0.2, 0.25) is 17.8 Å². The van der Waals surface area contributed by atoms with Crippen LogP contribution in [0, 0.1) is 11.9 Å². The number of benzene rings is 2. The molecule has 2 N–H and O–H groups in total. The van der Waals surface area contributed by atoms with Crippen molar-refractivity contribution in [1.82, 2.24) is 34.1 Å². The number of nitrogens with one attached hydrogen (secondary N) is 2. The second-order valence-electron chi connectivity index (χ2n) is 15.8. The normalized spacial score (nSPS) is 20.7. The minimum atomic E-state index is -4.72. The lowest BCUT2D eigenvalue weighted by molar-refractivity contribution is -0.141. The Morgan fingerprint density at radius 3 is 2.42 bits per heavy atom. The zero-order valence-electron chi connectivity index (χ0n) is 32.9. The second-order valence-corrected chi connectivity index (χ2v) is 15.8. The van der Waals surface area contributed by atoms with Crippen LogP contribution in [0.25, 0.3) is 21.9 Å². The summed E-state index contributed by atoms with van der Waals surface area (Å²) in [6.07, 6.45) is 0.823. The van der Waals surface area contributed by atoms with Gasteiger partial charge in [0.05, 0.1) is 46.5 Å². The van der Waals surface area contributed by atoms with Crippen LogP contribution >= 0.6 is 0 Å². The molecule has 5 heterocycles. The standard InChI is InChI=1S/C41H45F4N9O5/c1-50(24-16-18-52(19-17-24)30-7-5-8-31-36(30)51(2)40(58)53(31)32-14-15-35(55)48-39(32)57)22-23-10-12-25(13-11-23)54-37(42)26-20-29(33(59-3)21-28(26)49-54)47-38(56)27-6-4-9-34(46-27)41(43,44)45/h4-9,20-21,23-25,32H,10-19,22H2,1-3H3,(H,47,56)(H,48,55,57)/t23-,25-,32?. The number of hydrogen-bond acceptors (Lipinski definition) is 9. The number of nitrogens with zero attached hydrogens (tertiary/aromatic N) is 7. The molecule has 3 fully saturated rings. The molecule has 59 heavy (non-hydrogen) atoms. The van der Waals surface area contributed by atoms with Crippen LogP contribution in [0.3, 0.4) is 0 Å². The summed E-state index contributed by atoms with van der Waals surface area (Å²) >= 11 is 0. The highest BCUT2D eigenvalue weighted by atomic mass is 19.4. The van der Waals surface area contributed by atoms with Crippen LogP contribution in [-0.4, -0.2) is 86.4 Å². The lowest BCUT2D eigenvalue weighted by Gasteiger charge is -2.40. The van der Waals surface area contributed by atoms with Crippen LogP contribution in [0.15, 0.2) is 53.3 Å². The van der Waals surface area contributed by atoms with Gasteiger partial charge in [0.1, 0.15) is 23.2 Å². The molecule has 3 aromatic heterocycles. The smallest absolute Gasteiger partial charge is 0.433 e. The van der Waals surface area contributed by atoms with E-state index in [-0.39, 0.29) is 47.3 Å². The number of piperidine rings is 2. The molecule has 2 saturated heterocycles. The first-order chi connectivity index (χ1) is 28.2. The number of aryl methyl sites for hydroxylation is 1. The quantitative estimate of drug-likeness (QED) is 0.139. The molecular formula is C41H45F4N9O5. The monoisotopic (exact) mass is 819 g/mol. The van der Waals surface area contributed by atoms with Crippen molar-refractivity contribution in [3.8, 4) is 5.75 Å². The van der Waals surface area contributed by atoms with E-state index in [0.717, 1.165) is 87.6 Å². The van der Waals surface area contributed by atoms with E-state index in [2.05, 4.69) is 37.6 Å². The number of para-hydroxylation sites is 1. The van der Waals surface area contributed by atoms with Crippen molar-refractivity contribution in [1.29, 1.82) is 0 Å². The Bertz CT molecular complexity index is 2500. The maximum atomic E-state index is 16.0. The summed E-state index contributed by atoms with van der Waals surface area (Å²) in [5, 5.41) is 9.59. The zero-order valence-corrected chi connectivity index (χ0v) is 32.9. The van der Waals surface area contributed by atoms with Gasteiger partial charge in [0.15, 0.2) is 0 Å². The number of methoxy groups -OCH3 is 1. The van der Waals surface area contributed by atoms with E-state index in [4.69, 9.17) is 4.74 Å². The Hall–Kier alpha value is -5.78. The first kappa shape index (κ1) is 40.0. The Kier molecular flexibility index (Phi) is 10.7. The molecule has 8 rings (SSSR count). The minimum Gasteiger partial charge on any atom is -0.494 e. The van der Waals surface area contributed by atoms with Crippen LogP contribution in [-0.2, 0) is 22.8 Å². The molecule has 0 radical (unpaired) electrons. The van der Waals surface area contributed by atoms with E-state index in [1.54, 1.807) is 11.6 Å². The fraction of sp³-hybridized carbons (Fsp3) is 0.463. The number of ether oxygens (including phenoxy) is 1. The number of pyridine rings is 1. The Morgan fingerprint density at radius 1 is 1.00 bits per heavy atom. The average molecular weight is 820 g/mol. The van der Waals surface area contributed by atoms with Gasteiger partial charge in [-0.3, -0.25) is 28.8 Å². The van der Waals surface area contributed by atoms with Crippen molar-refractivity contribution in [2.24, 2.45) is 13.0 Å². The van der Waals surface area contributed by atoms with Crippen LogP contribution in [0.4, 0.5) is 28.9 Å². The highest BCUT2D eigenvalue weighted by molar-refractivity contribution is 6.05. The van der Waals surface area contributed by atoms with Crippen LogP contribution < -0.4 is 26.0 Å². The van der Waals surface area contributed by atoms with E-state index in [9.17, 15) is 32.3 Å². The van der Waals surface area contributed by atoms with Crippen molar-refractivity contribution >= 4 is 51.0 Å².